The van der Waals surface area contributed by atoms with Gasteiger partial charge < -0.3 is 9.31 Å². The zero-order chi connectivity index (χ0) is 74.7. The number of benzene rings is 14. The average Bonchev–Trinajstić information content (AvgIpc) is 1.11. The van der Waals surface area contributed by atoms with Crippen molar-refractivity contribution in [3.05, 3.63) is 450 Å². The van der Waals surface area contributed by atoms with Crippen molar-refractivity contribution in [3.63, 3.8) is 0 Å². The lowest BCUT2D eigenvalue weighted by molar-refractivity contribution is 0.00578. The first-order chi connectivity index (χ1) is 54.0. The van der Waals surface area contributed by atoms with Gasteiger partial charge in [-0.25, -0.2) is 15.0 Å². The Morgan fingerprint density at radius 2 is 0.555 bits per heavy atom. The van der Waals surface area contributed by atoms with Gasteiger partial charge in [0.15, 0.2) is 5.82 Å². The Kier molecular flexibility index (Phi) is 19.2. The summed E-state index contributed by atoms with van der Waals surface area (Å²) in [6.07, 6.45) is 0. The van der Waals surface area contributed by atoms with E-state index in [0.29, 0.717) is 5.82 Å². The molecule has 0 bridgehead atoms. The van der Waals surface area contributed by atoms with Crippen molar-refractivity contribution >= 4 is 67.8 Å². The maximum atomic E-state index is 6.41. The van der Waals surface area contributed by atoms with Crippen LogP contribution < -0.4 is 5.46 Å². The maximum absolute atomic E-state index is 6.41. The number of aromatic nitrogens is 6. The van der Waals surface area contributed by atoms with Crippen molar-refractivity contribution in [3.8, 4) is 45.5 Å². The highest BCUT2D eigenvalue weighted by Gasteiger charge is 2.52. The lowest BCUT2D eigenvalue weighted by Crippen LogP contribution is -2.41. The van der Waals surface area contributed by atoms with Crippen LogP contribution in [0.3, 0.4) is 0 Å². The van der Waals surface area contributed by atoms with E-state index in [1.165, 1.54) is 60.5 Å². The van der Waals surface area contributed by atoms with Gasteiger partial charge in [0.05, 0.1) is 55.5 Å². The van der Waals surface area contributed by atoms with Crippen molar-refractivity contribution in [2.24, 2.45) is 0 Å². The van der Waals surface area contributed by atoms with Crippen molar-refractivity contribution in [2.45, 2.75) is 49.7 Å². The van der Waals surface area contributed by atoms with Crippen LogP contribution in [-0.4, -0.2) is 47.4 Å². The second-order valence-electron chi connectivity index (χ2n) is 28.8. The highest BCUT2D eigenvalue weighted by atomic mass is 35.5. The van der Waals surface area contributed by atoms with Crippen LogP contribution in [0.5, 0.6) is 0 Å². The smallest absolute Gasteiger partial charge is 0.399 e. The van der Waals surface area contributed by atoms with Gasteiger partial charge in [-0.3, -0.25) is 9.13 Å². The Bertz CT molecular complexity index is 5930. The van der Waals surface area contributed by atoms with Gasteiger partial charge in [0.25, 0.3) is 0 Å². The van der Waals surface area contributed by atoms with E-state index < -0.39 is 17.9 Å². The largest absolute Gasteiger partial charge is 0.494 e. The van der Waals surface area contributed by atoms with Gasteiger partial charge in [0.1, 0.15) is 11.6 Å². The van der Waals surface area contributed by atoms with Gasteiger partial charge >= 0.3 is 7.12 Å². The topological polar surface area (TPSA) is 79.9 Å². The third kappa shape index (κ3) is 13.0. The van der Waals surface area contributed by atoms with E-state index in [4.69, 9.17) is 30.9 Å². The van der Waals surface area contributed by atoms with Crippen LogP contribution in [0.1, 0.15) is 72.2 Å². The molecular weight excluding hydrogens is 1360 g/mol. The number of fused-ring (bicyclic) bond motifs is 6. The molecule has 19 rings (SSSR count). The first kappa shape index (κ1) is 70.1. The van der Waals surface area contributed by atoms with Crippen LogP contribution in [0, 0.1) is 0 Å². The molecule has 1 aliphatic rings. The van der Waals surface area contributed by atoms with Crippen LogP contribution >= 0.6 is 11.6 Å². The van der Waals surface area contributed by atoms with Gasteiger partial charge in [-0.2, -0.15) is 4.98 Å². The molecule has 14 aromatic carbocycles. The molecule has 0 amide bonds. The summed E-state index contributed by atoms with van der Waals surface area (Å²) < 4.78 is 17.2. The van der Waals surface area contributed by atoms with Gasteiger partial charge in [-0.1, -0.05) is 358 Å². The summed E-state index contributed by atoms with van der Waals surface area (Å²) in [5.74, 6) is 2.27. The summed E-state index contributed by atoms with van der Waals surface area (Å²) in [6, 6.07) is 141. The highest BCUT2D eigenvalue weighted by Crippen LogP contribution is 2.48. The monoisotopic (exact) mass is 1440 g/mol. The Balaban J connectivity index is 0.000000128. The summed E-state index contributed by atoms with van der Waals surface area (Å²) in [6.45, 7) is 8.39. The number of para-hydroxylation sites is 4. The SMILES string of the molecule is CC1(C)OB(c2cccc(C(c3ccccc3)(c3ccccc3)c3ccccc3)c2)OC1(C)C.Clc1nc(-c2ccccc2)cc(-n2c3ccccc3c3ccccc32)n1.c1ccc(-c2cc(-n3c4ccccc4c4ccccc43)nc(-c3cccc(C(c4ccccc4)(c4ccccc4)c4ccccc4)c3)n2)cc1. The number of hydrogen-bond acceptors (Lipinski definition) is 6. The third-order valence-corrected chi connectivity index (χ3v) is 22.0. The standard InChI is InChI=1S/C47H33N3.C31H31BO2.C22H14ClN3/c1-5-18-34(19-6-1)42-33-45(50-43-30-15-13-28-40(43)41-29-14-16-31-44(41)50)49-46(48-42)35-20-17-27-39(32-35)47(36-21-7-2-8-22-36,37-23-9-3-10-24-37)38-25-11-4-12-26-38;1-29(2)30(3,4)34-32(33-29)28-22-14-21-27(23-28)31(24-15-8-5-9-16-24,25-17-10-6-11-18-25)26-19-12-7-13-20-26;23-22-24-18(15-8-2-1-3-9-15)14-21(25-22)26-19-12-6-4-10-16(19)17-11-5-7-13-20(17)26/h1-33H;5-23H,1-4H3;1-14H. The zero-order valence-electron chi connectivity index (χ0n) is 61.6. The molecule has 0 atom stereocenters. The van der Waals surface area contributed by atoms with Crippen LogP contribution in [-0.2, 0) is 20.1 Å². The molecule has 18 aromatic rings. The summed E-state index contributed by atoms with van der Waals surface area (Å²) in [7, 11) is -0.412. The van der Waals surface area contributed by atoms with E-state index in [1.54, 1.807) is 0 Å². The van der Waals surface area contributed by atoms with E-state index in [1.807, 2.05) is 54.6 Å². The Morgan fingerprint density at radius 3 is 0.918 bits per heavy atom. The normalized spacial score (nSPS) is 13.2. The van der Waals surface area contributed by atoms with Crippen molar-refractivity contribution in [1.82, 2.24) is 29.1 Å². The van der Waals surface area contributed by atoms with Crippen molar-refractivity contribution < 1.29 is 9.31 Å². The van der Waals surface area contributed by atoms with E-state index >= 15 is 0 Å². The van der Waals surface area contributed by atoms with Crippen LogP contribution in [0.25, 0.3) is 89.2 Å². The van der Waals surface area contributed by atoms with Crippen molar-refractivity contribution in [2.75, 3.05) is 0 Å². The predicted octanol–water partition coefficient (Wildman–Crippen LogP) is 23.6. The molecule has 10 heteroatoms. The summed E-state index contributed by atoms with van der Waals surface area (Å²) >= 11 is 6.28. The molecule has 110 heavy (non-hydrogen) atoms. The first-order valence-electron chi connectivity index (χ1n) is 37.4. The number of rotatable bonds is 14. The lowest BCUT2D eigenvalue weighted by atomic mass is 9.64. The summed E-state index contributed by atoms with van der Waals surface area (Å²) in [5, 5.41) is 5.02. The maximum Gasteiger partial charge on any atom is 0.494 e. The van der Waals surface area contributed by atoms with Crippen LogP contribution in [0.4, 0.5) is 0 Å². The molecule has 1 aliphatic heterocycles. The fraction of sp³-hybridized carbons (Fsp3) is 0.0800. The molecule has 0 radical (unpaired) electrons. The quantitative estimate of drug-likeness (QED) is 0.0613. The molecule has 4 aromatic heterocycles. The van der Waals surface area contributed by atoms with Gasteiger partial charge in [0, 0.05) is 50.4 Å². The summed E-state index contributed by atoms with van der Waals surface area (Å²) in [4.78, 5) is 19.6. The number of halogens is 1. The predicted molar refractivity (Wildman–Crippen MR) is 453 cm³/mol. The van der Waals surface area contributed by atoms with E-state index in [2.05, 4.69) is 393 Å². The molecule has 0 N–H and O–H groups in total. The molecule has 0 aliphatic carbocycles. The molecular formula is C100H78BClN6O2. The Hall–Kier alpha value is -12.9. The molecule has 0 unspecified atom stereocenters. The average molecular weight is 1440 g/mol. The molecule has 1 fully saturated rings. The molecule has 8 nitrogen and oxygen atoms in total. The second kappa shape index (κ2) is 30.0. The molecule has 530 valence electrons. The molecule has 0 saturated carbocycles. The minimum atomic E-state index is -0.577. The molecule has 0 spiro atoms. The number of hydrogen-bond donors (Lipinski definition) is 0. The molecule has 5 heterocycles. The fourth-order valence-electron chi connectivity index (χ4n) is 16.0. The summed E-state index contributed by atoms with van der Waals surface area (Å²) in [5.41, 5.74) is 17.9. The van der Waals surface area contributed by atoms with Gasteiger partial charge in [-0.05, 0) is 120 Å². The van der Waals surface area contributed by atoms with E-state index in [9.17, 15) is 0 Å². The van der Waals surface area contributed by atoms with E-state index in [-0.39, 0.29) is 16.5 Å². The van der Waals surface area contributed by atoms with Crippen molar-refractivity contribution in [1.29, 1.82) is 0 Å². The van der Waals surface area contributed by atoms with Gasteiger partial charge in [-0.15, -0.1) is 0 Å². The highest BCUT2D eigenvalue weighted by molar-refractivity contribution is 6.62. The minimum absolute atomic E-state index is 0.239. The lowest BCUT2D eigenvalue weighted by Gasteiger charge is -2.37. The third-order valence-electron chi connectivity index (χ3n) is 21.8. The van der Waals surface area contributed by atoms with Gasteiger partial charge in [0.2, 0.25) is 5.28 Å². The van der Waals surface area contributed by atoms with Crippen LogP contribution in [0.15, 0.2) is 400 Å². The Morgan fingerprint density at radius 1 is 0.273 bits per heavy atom. The van der Waals surface area contributed by atoms with E-state index in [0.717, 1.165) is 72.8 Å². The minimum Gasteiger partial charge on any atom is -0.399 e. The zero-order valence-corrected chi connectivity index (χ0v) is 62.3. The first-order valence-corrected chi connectivity index (χ1v) is 37.8. The van der Waals surface area contributed by atoms with Crippen LogP contribution in [0.2, 0.25) is 5.28 Å². The fourth-order valence-corrected chi connectivity index (χ4v) is 16.1. The molecule has 1 saturated heterocycles. The second-order valence-corrected chi connectivity index (χ2v) is 29.1. The Labute approximate surface area is 647 Å². The number of nitrogens with zero attached hydrogens (tertiary/aromatic N) is 6.